The summed E-state index contributed by atoms with van der Waals surface area (Å²) in [5.74, 6) is 0.349. The zero-order valence-corrected chi connectivity index (χ0v) is 13.1. The molecule has 21 heavy (non-hydrogen) atoms. The highest BCUT2D eigenvalue weighted by atomic mass is 35.5. The van der Waals surface area contributed by atoms with Gasteiger partial charge in [-0.05, 0) is 37.1 Å². The molecule has 2 N–H and O–H groups in total. The van der Waals surface area contributed by atoms with E-state index in [2.05, 4.69) is 10.2 Å². The van der Waals surface area contributed by atoms with Gasteiger partial charge < -0.3 is 15.2 Å². The Morgan fingerprint density at radius 3 is 2.95 bits per heavy atom. The quantitative estimate of drug-likeness (QED) is 0.894. The fraction of sp³-hybridized carbons (Fsp3) is 0.533. The molecule has 6 heteroatoms. The average Bonchev–Trinajstić information content (AvgIpc) is 2.50. The maximum atomic E-state index is 12.0. The number of nitrogens with zero attached hydrogens (tertiary/aromatic N) is 1. The lowest BCUT2D eigenvalue weighted by Gasteiger charge is -2.34. The molecule has 0 aromatic heterocycles. The minimum absolute atomic E-state index is 0.0477. The molecule has 0 spiro atoms. The summed E-state index contributed by atoms with van der Waals surface area (Å²) in [5, 5.41) is 12.8. The van der Waals surface area contributed by atoms with E-state index in [0.717, 1.165) is 31.4 Å². The topological polar surface area (TPSA) is 61.8 Å². The number of phenolic OH excluding ortho intramolecular Hbond substituents is 1. The van der Waals surface area contributed by atoms with E-state index in [1.807, 2.05) is 0 Å². The zero-order chi connectivity index (χ0) is 15.4. The third kappa shape index (κ3) is 3.60. The molecule has 1 aromatic rings. The first kappa shape index (κ1) is 15.9. The summed E-state index contributed by atoms with van der Waals surface area (Å²) in [4.78, 5) is 14.1. The van der Waals surface area contributed by atoms with Crippen LogP contribution in [0, 0.1) is 0 Å². The summed E-state index contributed by atoms with van der Waals surface area (Å²) in [6.45, 7) is 1.48. The standard InChI is InChI=1S/C15H21ClN2O3/c1-17-15(20)12-5-3-4-6-18(12)9-10-7-11(16)14(19)13(8-10)21-2/h7-8,12,19H,3-6,9H2,1-2H3,(H,17,20). The number of methoxy groups -OCH3 is 1. The Kier molecular flexibility index (Phi) is 5.31. The van der Waals surface area contributed by atoms with Gasteiger partial charge in [-0.15, -0.1) is 0 Å². The molecular formula is C15H21ClN2O3. The van der Waals surface area contributed by atoms with Crippen molar-refractivity contribution in [3.05, 3.63) is 22.7 Å². The summed E-state index contributed by atoms with van der Waals surface area (Å²) in [5.41, 5.74) is 0.922. The summed E-state index contributed by atoms with van der Waals surface area (Å²) >= 11 is 6.01. The summed E-state index contributed by atoms with van der Waals surface area (Å²) in [6.07, 6.45) is 3.01. The molecule has 1 aliphatic heterocycles. The van der Waals surface area contributed by atoms with Crippen molar-refractivity contribution in [1.82, 2.24) is 10.2 Å². The van der Waals surface area contributed by atoms with Crippen LogP contribution in [0.4, 0.5) is 0 Å². The summed E-state index contributed by atoms with van der Waals surface area (Å²) in [6, 6.07) is 3.37. The van der Waals surface area contributed by atoms with Crippen molar-refractivity contribution in [3.8, 4) is 11.5 Å². The van der Waals surface area contributed by atoms with Crippen LogP contribution in [0.15, 0.2) is 12.1 Å². The predicted molar refractivity (Wildman–Crippen MR) is 81.8 cm³/mol. The van der Waals surface area contributed by atoms with Gasteiger partial charge in [0.15, 0.2) is 11.5 Å². The molecule has 1 unspecified atom stereocenters. The molecule has 2 rings (SSSR count). The number of ether oxygens (including phenoxy) is 1. The largest absolute Gasteiger partial charge is 0.503 e. The molecule has 1 atom stereocenters. The zero-order valence-electron chi connectivity index (χ0n) is 12.4. The van der Waals surface area contributed by atoms with E-state index in [-0.39, 0.29) is 22.7 Å². The van der Waals surface area contributed by atoms with Gasteiger partial charge in [-0.25, -0.2) is 0 Å². The molecule has 1 heterocycles. The Labute approximate surface area is 129 Å². The van der Waals surface area contributed by atoms with Crippen LogP contribution in [0.1, 0.15) is 24.8 Å². The highest BCUT2D eigenvalue weighted by Crippen LogP contribution is 2.35. The molecule has 0 saturated carbocycles. The van der Waals surface area contributed by atoms with Crippen molar-refractivity contribution in [1.29, 1.82) is 0 Å². The minimum Gasteiger partial charge on any atom is -0.503 e. The van der Waals surface area contributed by atoms with E-state index < -0.39 is 0 Å². The van der Waals surface area contributed by atoms with Crippen LogP contribution in [0.5, 0.6) is 11.5 Å². The van der Waals surface area contributed by atoms with Gasteiger partial charge in [0.2, 0.25) is 5.91 Å². The molecule has 1 aliphatic rings. The fourth-order valence-corrected chi connectivity index (χ4v) is 2.99. The Balaban J connectivity index is 2.19. The summed E-state index contributed by atoms with van der Waals surface area (Å²) in [7, 11) is 3.15. The first-order valence-electron chi connectivity index (χ1n) is 7.07. The number of likely N-dealkylation sites (N-methyl/N-ethyl adjacent to an activating group) is 1. The normalized spacial score (nSPS) is 19.3. The number of carbonyl (C=O) groups excluding carboxylic acids is 1. The lowest BCUT2D eigenvalue weighted by molar-refractivity contribution is -0.127. The Morgan fingerprint density at radius 1 is 1.52 bits per heavy atom. The Bertz CT molecular complexity index is 522. The van der Waals surface area contributed by atoms with Crippen molar-refractivity contribution >= 4 is 17.5 Å². The number of aromatic hydroxyl groups is 1. The third-order valence-electron chi connectivity index (χ3n) is 3.86. The second-order valence-electron chi connectivity index (χ2n) is 5.22. The van der Waals surface area contributed by atoms with Crippen molar-refractivity contribution in [2.24, 2.45) is 0 Å². The number of halogens is 1. The number of piperidine rings is 1. The Morgan fingerprint density at radius 2 is 2.29 bits per heavy atom. The predicted octanol–water partition coefficient (Wildman–Crippen LogP) is 2.15. The molecule has 1 aromatic carbocycles. The van der Waals surface area contributed by atoms with Gasteiger partial charge in [0, 0.05) is 13.6 Å². The maximum absolute atomic E-state index is 12.0. The van der Waals surface area contributed by atoms with Gasteiger partial charge in [0.1, 0.15) is 0 Å². The fourth-order valence-electron chi connectivity index (χ4n) is 2.75. The number of phenols is 1. The van der Waals surface area contributed by atoms with E-state index in [1.165, 1.54) is 7.11 Å². The van der Waals surface area contributed by atoms with Crippen molar-refractivity contribution < 1.29 is 14.6 Å². The van der Waals surface area contributed by atoms with E-state index in [0.29, 0.717) is 12.3 Å². The number of likely N-dealkylation sites (tertiary alicyclic amines) is 1. The number of carbonyl (C=O) groups is 1. The lowest BCUT2D eigenvalue weighted by Crippen LogP contribution is -2.48. The number of hydrogen-bond donors (Lipinski definition) is 2. The number of nitrogens with one attached hydrogen (secondary N) is 1. The molecule has 1 fully saturated rings. The molecule has 116 valence electrons. The highest BCUT2D eigenvalue weighted by molar-refractivity contribution is 6.32. The number of rotatable bonds is 4. The van der Waals surface area contributed by atoms with Crippen LogP contribution in [-0.2, 0) is 11.3 Å². The smallest absolute Gasteiger partial charge is 0.237 e. The van der Waals surface area contributed by atoms with E-state index in [4.69, 9.17) is 16.3 Å². The molecule has 0 radical (unpaired) electrons. The second kappa shape index (κ2) is 7.00. The van der Waals surface area contributed by atoms with E-state index >= 15 is 0 Å². The molecule has 1 amide bonds. The van der Waals surface area contributed by atoms with Gasteiger partial charge in [0.05, 0.1) is 18.2 Å². The summed E-state index contributed by atoms with van der Waals surface area (Å²) < 4.78 is 5.12. The SMILES string of the molecule is CNC(=O)C1CCCCN1Cc1cc(Cl)c(O)c(OC)c1. The van der Waals surface area contributed by atoms with Crippen LogP contribution in [0.3, 0.4) is 0 Å². The maximum Gasteiger partial charge on any atom is 0.237 e. The molecule has 1 saturated heterocycles. The van der Waals surface area contributed by atoms with Gasteiger partial charge in [0.25, 0.3) is 0 Å². The highest BCUT2D eigenvalue weighted by Gasteiger charge is 2.28. The van der Waals surface area contributed by atoms with Crippen molar-refractivity contribution in [2.75, 3.05) is 20.7 Å². The van der Waals surface area contributed by atoms with E-state index in [9.17, 15) is 9.90 Å². The van der Waals surface area contributed by atoms with Gasteiger partial charge in [-0.1, -0.05) is 18.0 Å². The monoisotopic (exact) mass is 312 g/mol. The van der Waals surface area contributed by atoms with Crippen LogP contribution in [-0.4, -0.2) is 42.7 Å². The molecule has 0 bridgehead atoms. The molecular weight excluding hydrogens is 292 g/mol. The molecule has 5 nitrogen and oxygen atoms in total. The third-order valence-corrected chi connectivity index (χ3v) is 4.14. The number of benzene rings is 1. The lowest BCUT2D eigenvalue weighted by atomic mass is 10.0. The van der Waals surface area contributed by atoms with Crippen molar-refractivity contribution in [3.63, 3.8) is 0 Å². The van der Waals surface area contributed by atoms with E-state index in [1.54, 1.807) is 19.2 Å². The molecule has 0 aliphatic carbocycles. The van der Waals surface area contributed by atoms with Crippen LogP contribution in [0.2, 0.25) is 5.02 Å². The van der Waals surface area contributed by atoms with Gasteiger partial charge in [-0.3, -0.25) is 9.69 Å². The number of hydrogen-bond acceptors (Lipinski definition) is 4. The van der Waals surface area contributed by atoms with Crippen LogP contribution in [0.25, 0.3) is 0 Å². The average molecular weight is 313 g/mol. The second-order valence-corrected chi connectivity index (χ2v) is 5.63. The van der Waals surface area contributed by atoms with Gasteiger partial charge >= 0.3 is 0 Å². The Hall–Kier alpha value is -1.46. The number of amides is 1. The first-order valence-corrected chi connectivity index (χ1v) is 7.45. The van der Waals surface area contributed by atoms with Crippen molar-refractivity contribution in [2.45, 2.75) is 31.8 Å². The van der Waals surface area contributed by atoms with Crippen LogP contribution < -0.4 is 10.1 Å². The van der Waals surface area contributed by atoms with Gasteiger partial charge in [-0.2, -0.15) is 0 Å². The first-order chi connectivity index (χ1) is 10.1. The van der Waals surface area contributed by atoms with Crippen LogP contribution >= 0.6 is 11.6 Å². The minimum atomic E-state index is -0.109.